The fourth-order valence-corrected chi connectivity index (χ4v) is 2.35. The monoisotopic (exact) mass is 386 g/mol. The van der Waals surface area contributed by atoms with Crippen molar-refractivity contribution in [3.05, 3.63) is 66.2 Å². The molecule has 1 N–H and O–H groups in total. The molecule has 3 rings (SSSR count). The SMILES string of the molecule is O=C(COC(=O)COc1ccccc1)Nc1cc(Cl)ccc1-n1cncn1. The van der Waals surface area contributed by atoms with Gasteiger partial charge < -0.3 is 14.8 Å². The normalized spacial score (nSPS) is 10.3. The van der Waals surface area contributed by atoms with Crippen molar-refractivity contribution in [3.63, 3.8) is 0 Å². The molecule has 0 aliphatic carbocycles. The van der Waals surface area contributed by atoms with Crippen molar-refractivity contribution >= 4 is 29.2 Å². The molecule has 0 fully saturated rings. The zero-order valence-corrected chi connectivity index (χ0v) is 14.8. The maximum atomic E-state index is 12.1. The number of rotatable bonds is 7. The minimum absolute atomic E-state index is 0.293. The Kier molecular flexibility index (Phi) is 6.01. The Hall–Kier alpha value is -3.39. The van der Waals surface area contributed by atoms with E-state index < -0.39 is 18.5 Å². The molecule has 138 valence electrons. The summed E-state index contributed by atoms with van der Waals surface area (Å²) in [5.41, 5.74) is 0.985. The summed E-state index contributed by atoms with van der Waals surface area (Å²) in [5.74, 6) is -0.640. The van der Waals surface area contributed by atoms with Crippen molar-refractivity contribution < 1.29 is 19.1 Å². The Labute approximate surface area is 159 Å². The van der Waals surface area contributed by atoms with Gasteiger partial charge in [-0.05, 0) is 30.3 Å². The first-order valence-corrected chi connectivity index (χ1v) is 8.27. The summed E-state index contributed by atoms with van der Waals surface area (Å²) in [7, 11) is 0. The van der Waals surface area contributed by atoms with Gasteiger partial charge >= 0.3 is 5.97 Å². The summed E-state index contributed by atoms with van der Waals surface area (Å²) in [6.07, 6.45) is 2.86. The van der Waals surface area contributed by atoms with E-state index in [-0.39, 0.29) is 6.61 Å². The molecule has 0 radical (unpaired) electrons. The lowest BCUT2D eigenvalue weighted by Crippen LogP contribution is -2.24. The van der Waals surface area contributed by atoms with Gasteiger partial charge in [-0.15, -0.1) is 0 Å². The zero-order chi connectivity index (χ0) is 19.1. The van der Waals surface area contributed by atoms with Gasteiger partial charge in [-0.3, -0.25) is 4.79 Å². The summed E-state index contributed by atoms with van der Waals surface area (Å²) < 4.78 is 11.7. The molecule has 1 heterocycles. The molecule has 0 aliphatic rings. The first-order chi connectivity index (χ1) is 13.1. The third-order valence-electron chi connectivity index (χ3n) is 3.36. The van der Waals surface area contributed by atoms with Crippen LogP contribution >= 0.6 is 11.6 Å². The molecule has 0 unspecified atom stereocenters. The van der Waals surface area contributed by atoms with Gasteiger partial charge in [-0.1, -0.05) is 29.8 Å². The molecule has 8 nitrogen and oxygen atoms in total. The molecule has 3 aromatic rings. The summed E-state index contributed by atoms with van der Waals surface area (Å²) >= 11 is 5.99. The lowest BCUT2D eigenvalue weighted by atomic mass is 10.2. The Morgan fingerprint density at radius 1 is 1.11 bits per heavy atom. The number of hydrogen-bond acceptors (Lipinski definition) is 6. The second-order valence-corrected chi connectivity index (χ2v) is 5.75. The number of ether oxygens (including phenoxy) is 2. The lowest BCUT2D eigenvalue weighted by Gasteiger charge is -2.12. The Balaban J connectivity index is 1.54. The van der Waals surface area contributed by atoms with Gasteiger partial charge in [0.05, 0.1) is 11.4 Å². The standard InChI is InChI=1S/C18H15ClN4O4/c19-13-6-7-16(23-12-20-11-21-23)15(8-13)22-17(24)9-27-18(25)10-26-14-4-2-1-3-5-14/h1-8,11-12H,9-10H2,(H,22,24). The van der Waals surface area contributed by atoms with E-state index in [1.807, 2.05) is 6.07 Å². The maximum absolute atomic E-state index is 12.1. The van der Waals surface area contributed by atoms with Crippen LogP contribution in [0.15, 0.2) is 61.2 Å². The molecule has 0 saturated heterocycles. The molecule has 0 atom stereocenters. The third kappa shape index (κ3) is 5.29. The van der Waals surface area contributed by atoms with Gasteiger partial charge in [0.25, 0.3) is 5.91 Å². The molecule has 2 aromatic carbocycles. The highest BCUT2D eigenvalue weighted by molar-refractivity contribution is 6.31. The number of esters is 1. The van der Waals surface area contributed by atoms with Gasteiger partial charge in [0.15, 0.2) is 13.2 Å². The van der Waals surface area contributed by atoms with Gasteiger partial charge in [0, 0.05) is 5.02 Å². The molecule has 0 aliphatic heterocycles. The first kappa shape index (κ1) is 18.4. The van der Waals surface area contributed by atoms with Crippen LogP contribution in [0.2, 0.25) is 5.02 Å². The fraction of sp³-hybridized carbons (Fsp3) is 0.111. The first-order valence-electron chi connectivity index (χ1n) is 7.90. The zero-order valence-electron chi connectivity index (χ0n) is 14.0. The van der Waals surface area contributed by atoms with Crippen molar-refractivity contribution in [3.8, 4) is 11.4 Å². The second-order valence-electron chi connectivity index (χ2n) is 5.31. The summed E-state index contributed by atoms with van der Waals surface area (Å²) in [5, 5.41) is 7.09. The summed E-state index contributed by atoms with van der Waals surface area (Å²) in [4.78, 5) is 27.7. The van der Waals surface area contributed by atoms with E-state index in [0.717, 1.165) is 0 Å². The molecule has 0 spiro atoms. The van der Waals surface area contributed by atoms with Gasteiger partial charge in [-0.2, -0.15) is 5.10 Å². The molecule has 9 heteroatoms. The van der Waals surface area contributed by atoms with Crippen molar-refractivity contribution in [2.45, 2.75) is 0 Å². The quantitative estimate of drug-likeness (QED) is 0.627. The fourth-order valence-electron chi connectivity index (χ4n) is 2.17. The van der Waals surface area contributed by atoms with Crippen LogP contribution in [0.3, 0.4) is 0 Å². The van der Waals surface area contributed by atoms with Crippen LogP contribution in [-0.4, -0.2) is 39.9 Å². The van der Waals surface area contributed by atoms with E-state index in [4.69, 9.17) is 21.1 Å². The minimum atomic E-state index is -0.656. The number of benzene rings is 2. The summed E-state index contributed by atoms with van der Waals surface area (Å²) in [6.45, 7) is -0.751. The van der Waals surface area contributed by atoms with Crippen molar-refractivity contribution in [2.75, 3.05) is 18.5 Å². The lowest BCUT2D eigenvalue weighted by molar-refractivity contribution is -0.149. The van der Waals surface area contributed by atoms with Crippen LogP contribution < -0.4 is 10.1 Å². The molecular weight excluding hydrogens is 372 g/mol. The average molecular weight is 387 g/mol. The largest absolute Gasteiger partial charge is 0.482 e. The number of para-hydroxylation sites is 1. The van der Waals surface area contributed by atoms with Crippen LogP contribution in [0.5, 0.6) is 5.75 Å². The van der Waals surface area contributed by atoms with E-state index in [0.29, 0.717) is 22.1 Å². The second kappa shape index (κ2) is 8.81. The highest BCUT2D eigenvalue weighted by Gasteiger charge is 2.12. The number of aromatic nitrogens is 3. The molecule has 27 heavy (non-hydrogen) atoms. The van der Waals surface area contributed by atoms with Crippen molar-refractivity contribution in [2.24, 2.45) is 0 Å². The van der Waals surface area contributed by atoms with Crippen LogP contribution in [0, 0.1) is 0 Å². The molecule has 0 bridgehead atoms. The van der Waals surface area contributed by atoms with E-state index in [9.17, 15) is 9.59 Å². The smallest absolute Gasteiger partial charge is 0.344 e. The molecule has 0 saturated carbocycles. The number of nitrogens with one attached hydrogen (secondary N) is 1. The molecule has 1 aromatic heterocycles. The van der Waals surface area contributed by atoms with Gasteiger partial charge in [-0.25, -0.2) is 14.5 Å². The van der Waals surface area contributed by atoms with E-state index in [1.165, 1.54) is 17.3 Å². The average Bonchev–Trinajstić information content (AvgIpc) is 3.20. The van der Waals surface area contributed by atoms with Crippen LogP contribution in [-0.2, 0) is 14.3 Å². The van der Waals surface area contributed by atoms with E-state index in [1.54, 1.807) is 42.5 Å². The van der Waals surface area contributed by atoms with Crippen LogP contribution in [0.25, 0.3) is 5.69 Å². The minimum Gasteiger partial charge on any atom is -0.482 e. The predicted octanol–water partition coefficient (Wildman–Crippen LogP) is 2.48. The van der Waals surface area contributed by atoms with E-state index >= 15 is 0 Å². The number of hydrogen-bond donors (Lipinski definition) is 1. The topological polar surface area (TPSA) is 95.3 Å². The number of carbonyl (C=O) groups excluding carboxylic acids is 2. The van der Waals surface area contributed by atoms with Crippen LogP contribution in [0.4, 0.5) is 5.69 Å². The number of anilines is 1. The third-order valence-corrected chi connectivity index (χ3v) is 3.60. The number of nitrogens with zero attached hydrogens (tertiary/aromatic N) is 3. The van der Waals surface area contributed by atoms with Gasteiger partial charge in [0.1, 0.15) is 18.4 Å². The van der Waals surface area contributed by atoms with Crippen molar-refractivity contribution in [1.82, 2.24) is 14.8 Å². The van der Waals surface area contributed by atoms with E-state index in [2.05, 4.69) is 15.4 Å². The summed E-state index contributed by atoms with van der Waals surface area (Å²) in [6, 6.07) is 13.7. The van der Waals surface area contributed by atoms with Crippen LogP contribution in [0.1, 0.15) is 0 Å². The van der Waals surface area contributed by atoms with Crippen molar-refractivity contribution in [1.29, 1.82) is 0 Å². The molecule has 1 amide bonds. The highest BCUT2D eigenvalue weighted by atomic mass is 35.5. The molecular formula is C18H15ClN4O4. The number of carbonyl (C=O) groups is 2. The number of amides is 1. The Bertz CT molecular complexity index is 916. The Morgan fingerprint density at radius 3 is 2.67 bits per heavy atom. The van der Waals surface area contributed by atoms with Gasteiger partial charge in [0.2, 0.25) is 0 Å². The Morgan fingerprint density at radius 2 is 1.93 bits per heavy atom. The maximum Gasteiger partial charge on any atom is 0.344 e. The highest BCUT2D eigenvalue weighted by Crippen LogP contribution is 2.23. The number of halogens is 1. The predicted molar refractivity (Wildman–Crippen MR) is 97.9 cm³/mol.